The van der Waals surface area contributed by atoms with Crippen molar-refractivity contribution in [2.24, 2.45) is 0 Å². The second-order valence-electron chi connectivity index (χ2n) is 8.39. The number of nitrogens with one attached hydrogen (secondary N) is 2. The number of esters is 1. The molecule has 0 aromatic heterocycles. The summed E-state index contributed by atoms with van der Waals surface area (Å²) < 4.78 is 11.1. The number of fused-ring (bicyclic) bond motifs is 1. The number of carbonyl (C=O) groups excluding carboxylic acids is 2. The van der Waals surface area contributed by atoms with Crippen molar-refractivity contribution >= 4 is 34.0 Å². The zero-order valence-electron chi connectivity index (χ0n) is 20.4. The molecule has 0 saturated heterocycles. The van der Waals surface area contributed by atoms with E-state index in [2.05, 4.69) is 10.6 Å². The molecule has 7 nitrogen and oxygen atoms in total. The molecule has 0 aliphatic heterocycles. The van der Waals surface area contributed by atoms with Crippen molar-refractivity contribution < 1.29 is 24.2 Å². The highest BCUT2D eigenvalue weighted by Gasteiger charge is 2.13. The number of hydrogen-bond donors (Lipinski definition) is 3. The third-order valence-electron chi connectivity index (χ3n) is 5.65. The van der Waals surface area contributed by atoms with Crippen molar-refractivity contribution in [3.05, 3.63) is 89.5 Å². The molecule has 0 fully saturated rings. The summed E-state index contributed by atoms with van der Waals surface area (Å²) in [5.41, 5.74) is 3.22. The Balaban J connectivity index is 1.50. The molecule has 36 heavy (non-hydrogen) atoms. The third kappa shape index (κ3) is 5.75. The second kappa shape index (κ2) is 10.8. The van der Waals surface area contributed by atoms with Gasteiger partial charge in [0.1, 0.15) is 23.8 Å². The Labute approximate surface area is 209 Å². The van der Waals surface area contributed by atoms with Crippen LogP contribution in [-0.2, 0) is 9.53 Å². The van der Waals surface area contributed by atoms with Crippen molar-refractivity contribution in [2.75, 3.05) is 23.8 Å². The van der Waals surface area contributed by atoms with Gasteiger partial charge in [0.25, 0.3) is 5.91 Å². The van der Waals surface area contributed by atoms with Crippen LogP contribution >= 0.6 is 0 Å². The van der Waals surface area contributed by atoms with Gasteiger partial charge >= 0.3 is 5.97 Å². The van der Waals surface area contributed by atoms with Crippen LogP contribution in [0.15, 0.2) is 72.8 Å². The average molecular weight is 485 g/mol. The summed E-state index contributed by atoms with van der Waals surface area (Å²) in [6.07, 6.45) is 0. The quantitative estimate of drug-likeness (QED) is 0.204. The van der Waals surface area contributed by atoms with E-state index in [1.807, 2.05) is 62.4 Å². The van der Waals surface area contributed by atoms with E-state index < -0.39 is 0 Å². The van der Waals surface area contributed by atoms with E-state index in [4.69, 9.17) is 9.47 Å². The Kier molecular flexibility index (Phi) is 7.39. The molecule has 0 heterocycles. The first kappa shape index (κ1) is 24.6. The highest BCUT2D eigenvalue weighted by Crippen LogP contribution is 2.35. The molecule has 1 amide bonds. The van der Waals surface area contributed by atoms with Crippen LogP contribution in [0.5, 0.6) is 17.2 Å². The lowest BCUT2D eigenvalue weighted by Gasteiger charge is -2.16. The minimum absolute atomic E-state index is 0.0663. The van der Waals surface area contributed by atoms with E-state index in [9.17, 15) is 14.7 Å². The summed E-state index contributed by atoms with van der Waals surface area (Å²) in [5.74, 6) is 0.380. The Morgan fingerprint density at radius 2 is 1.61 bits per heavy atom. The Bertz CT molecular complexity index is 1410. The Morgan fingerprint density at radius 1 is 0.889 bits per heavy atom. The first-order valence-electron chi connectivity index (χ1n) is 11.7. The van der Waals surface area contributed by atoms with Gasteiger partial charge in [-0.1, -0.05) is 30.3 Å². The normalized spacial score (nSPS) is 10.6. The average Bonchev–Trinajstić information content (AvgIpc) is 2.86. The molecule has 4 aromatic carbocycles. The molecule has 0 bridgehead atoms. The van der Waals surface area contributed by atoms with Crippen LogP contribution in [0.4, 0.5) is 11.4 Å². The topological polar surface area (TPSA) is 96.9 Å². The fraction of sp³-hybridized carbons (Fsp3) is 0.172. The molecule has 4 aromatic rings. The number of hydrogen-bond acceptors (Lipinski definition) is 6. The number of phenols is 1. The fourth-order valence-electron chi connectivity index (χ4n) is 3.92. The molecule has 184 valence electrons. The Morgan fingerprint density at radius 3 is 2.33 bits per heavy atom. The van der Waals surface area contributed by atoms with E-state index in [1.165, 1.54) is 6.07 Å². The number of amides is 1. The molecule has 4 rings (SSSR count). The van der Waals surface area contributed by atoms with Gasteiger partial charge in [-0.25, -0.2) is 0 Å². The van der Waals surface area contributed by atoms with Crippen LogP contribution in [0.3, 0.4) is 0 Å². The smallest absolute Gasteiger partial charge is 0.325 e. The van der Waals surface area contributed by atoms with Crippen LogP contribution in [-0.4, -0.2) is 30.1 Å². The lowest BCUT2D eigenvalue weighted by molar-refractivity contribution is -0.140. The van der Waals surface area contributed by atoms with Crippen LogP contribution in [0.25, 0.3) is 10.8 Å². The summed E-state index contributed by atoms with van der Waals surface area (Å²) >= 11 is 0. The van der Waals surface area contributed by atoms with Gasteiger partial charge in [0.05, 0.1) is 12.3 Å². The van der Waals surface area contributed by atoms with Gasteiger partial charge in [0.2, 0.25) is 0 Å². The van der Waals surface area contributed by atoms with Gasteiger partial charge in [-0.2, -0.15) is 0 Å². The standard InChI is InChI=1S/C29H28N2O5/c1-4-35-27(33)17-30-23-13-18(2)28(19(3)14-23)36-24-11-12-26(32)25(16-24)31-29(34)22-10-9-20-7-5-6-8-21(20)15-22/h5-16,30,32H,4,17H2,1-3H3,(H,31,34). The zero-order chi connectivity index (χ0) is 25.7. The maximum absolute atomic E-state index is 12.9. The van der Waals surface area contributed by atoms with Crippen LogP contribution in [0, 0.1) is 13.8 Å². The van der Waals surface area contributed by atoms with Crippen molar-refractivity contribution in [2.45, 2.75) is 20.8 Å². The van der Waals surface area contributed by atoms with E-state index in [-0.39, 0.29) is 29.9 Å². The van der Waals surface area contributed by atoms with Crippen molar-refractivity contribution in [3.63, 3.8) is 0 Å². The van der Waals surface area contributed by atoms with Gasteiger partial charge in [-0.15, -0.1) is 0 Å². The minimum Gasteiger partial charge on any atom is -0.506 e. The monoisotopic (exact) mass is 484 g/mol. The van der Waals surface area contributed by atoms with Crippen molar-refractivity contribution in [1.82, 2.24) is 0 Å². The zero-order valence-corrected chi connectivity index (χ0v) is 20.4. The highest BCUT2D eigenvalue weighted by molar-refractivity contribution is 6.07. The first-order chi connectivity index (χ1) is 17.3. The molecule has 3 N–H and O–H groups in total. The summed E-state index contributed by atoms with van der Waals surface area (Å²) in [6.45, 7) is 5.98. The molecule has 0 aliphatic carbocycles. The minimum atomic E-state index is -0.336. The van der Waals surface area contributed by atoms with E-state index in [0.717, 1.165) is 27.6 Å². The van der Waals surface area contributed by atoms with Gasteiger partial charge in [-0.05, 0) is 79.1 Å². The molecule has 0 atom stereocenters. The highest BCUT2D eigenvalue weighted by atomic mass is 16.5. The van der Waals surface area contributed by atoms with Crippen LogP contribution < -0.4 is 15.4 Å². The fourth-order valence-corrected chi connectivity index (χ4v) is 3.92. The van der Waals surface area contributed by atoms with E-state index in [0.29, 0.717) is 23.7 Å². The third-order valence-corrected chi connectivity index (χ3v) is 5.65. The maximum atomic E-state index is 12.9. The van der Waals surface area contributed by atoms with Crippen molar-refractivity contribution in [3.8, 4) is 17.2 Å². The SMILES string of the molecule is CCOC(=O)CNc1cc(C)c(Oc2ccc(O)c(NC(=O)c3ccc4ccccc4c3)c2)c(C)c1. The molecular formula is C29H28N2O5. The van der Waals surface area contributed by atoms with Crippen LogP contribution in [0.1, 0.15) is 28.4 Å². The van der Waals surface area contributed by atoms with E-state index >= 15 is 0 Å². The number of carbonyl (C=O) groups is 2. The lowest BCUT2D eigenvalue weighted by Crippen LogP contribution is -2.16. The number of benzene rings is 4. The van der Waals surface area contributed by atoms with Crippen LogP contribution in [0.2, 0.25) is 0 Å². The molecule has 7 heteroatoms. The predicted molar refractivity (Wildman–Crippen MR) is 141 cm³/mol. The van der Waals surface area contributed by atoms with Gasteiger partial charge in [0.15, 0.2) is 0 Å². The molecule has 0 aliphatic rings. The van der Waals surface area contributed by atoms with Gasteiger partial charge < -0.3 is 25.2 Å². The summed E-state index contributed by atoms with van der Waals surface area (Å²) in [5, 5.41) is 18.2. The molecule has 0 unspecified atom stereocenters. The number of phenolic OH excluding ortho intramolecular Hbond substituents is 1. The summed E-state index contributed by atoms with van der Waals surface area (Å²) in [6, 6.07) is 21.7. The molecule has 0 radical (unpaired) electrons. The predicted octanol–water partition coefficient (Wildman–Crippen LogP) is 6.18. The number of ether oxygens (including phenoxy) is 2. The lowest BCUT2D eigenvalue weighted by atomic mass is 10.1. The summed E-state index contributed by atoms with van der Waals surface area (Å²) in [4.78, 5) is 24.5. The maximum Gasteiger partial charge on any atom is 0.325 e. The van der Waals surface area contributed by atoms with Gasteiger partial charge in [0, 0.05) is 17.3 Å². The number of anilines is 2. The second-order valence-corrected chi connectivity index (χ2v) is 8.39. The van der Waals surface area contributed by atoms with Gasteiger partial charge in [-0.3, -0.25) is 9.59 Å². The molecular weight excluding hydrogens is 456 g/mol. The largest absolute Gasteiger partial charge is 0.506 e. The number of aryl methyl sites for hydroxylation is 2. The Hall–Kier alpha value is -4.52. The van der Waals surface area contributed by atoms with Crippen molar-refractivity contribution in [1.29, 1.82) is 0 Å². The molecule has 0 spiro atoms. The number of rotatable bonds is 8. The summed E-state index contributed by atoms with van der Waals surface area (Å²) in [7, 11) is 0. The molecule has 0 saturated carbocycles. The number of aromatic hydroxyl groups is 1. The first-order valence-corrected chi connectivity index (χ1v) is 11.7. The van der Waals surface area contributed by atoms with E-state index in [1.54, 1.807) is 25.1 Å².